The van der Waals surface area contributed by atoms with Crippen molar-refractivity contribution in [3.63, 3.8) is 0 Å². The van der Waals surface area contributed by atoms with Gasteiger partial charge in [-0.15, -0.1) is 0 Å². The third-order valence-electron chi connectivity index (χ3n) is 1.90. The van der Waals surface area contributed by atoms with E-state index in [-0.39, 0.29) is 11.1 Å². The molecule has 90 valence electrons. The van der Waals surface area contributed by atoms with Crippen molar-refractivity contribution in [3.8, 4) is 12.1 Å². The van der Waals surface area contributed by atoms with E-state index in [4.69, 9.17) is 10.5 Å². The Morgan fingerprint density at radius 1 is 0.944 bits per heavy atom. The first-order valence-corrected chi connectivity index (χ1v) is 4.88. The fourth-order valence-corrected chi connectivity index (χ4v) is 1.19. The molecular formula is C12H8N2O4. The number of hydrogen-bond acceptors (Lipinski definition) is 6. The molecule has 0 aliphatic heterocycles. The molecule has 0 aromatic heterocycles. The van der Waals surface area contributed by atoms with Crippen LogP contribution in [0.2, 0.25) is 0 Å². The van der Waals surface area contributed by atoms with Gasteiger partial charge >= 0.3 is 11.9 Å². The lowest BCUT2D eigenvalue weighted by atomic mass is 10.1. The van der Waals surface area contributed by atoms with Crippen LogP contribution in [-0.2, 0) is 9.47 Å². The average molecular weight is 244 g/mol. The fraction of sp³-hybridized carbons (Fsp3) is 0.167. The Morgan fingerprint density at radius 3 is 1.67 bits per heavy atom. The summed E-state index contributed by atoms with van der Waals surface area (Å²) in [5.74, 6) is -1.58. The molecule has 18 heavy (non-hydrogen) atoms. The van der Waals surface area contributed by atoms with Gasteiger partial charge in [0.25, 0.3) is 0 Å². The number of hydrogen-bond donors (Lipinski definition) is 0. The van der Waals surface area contributed by atoms with E-state index in [1.165, 1.54) is 12.1 Å². The summed E-state index contributed by atoms with van der Waals surface area (Å²) in [7, 11) is 0. The zero-order chi connectivity index (χ0) is 13.4. The monoisotopic (exact) mass is 244 g/mol. The highest BCUT2D eigenvalue weighted by Gasteiger charge is 2.18. The van der Waals surface area contributed by atoms with E-state index in [0.717, 1.165) is 0 Å². The van der Waals surface area contributed by atoms with Gasteiger partial charge in [0.1, 0.15) is 12.1 Å². The van der Waals surface area contributed by atoms with E-state index in [0.29, 0.717) is 0 Å². The molecule has 0 atom stereocenters. The molecule has 1 aromatic rings. The molecule has 0 fully saturated rings. The lowest BCUT2D eigenvalue weighted by Gasteiger charge is -2.06. The molecule has 0 unspecified atom stereocenters. The standard InChI is InChI=1S/C12H8N2O4/c13-5-7-17-11(15)9-3-1-2-4-10(9)12(16)18-8-6-14/h1-4H,7-8H2. The summed E-state index contributed by atoms with van der Waals surface area (Å²) in [5, 5.41) is 16.6. The van der Waals surface area contributed by atoms with Crippen LogP contribution in [-0.4, -0.2) is 25.2 Å². The maximum atomic E-state index is 11.6. The van der Waals surface area contributed by atoms with Crippen LogP contribution in [0.15, 0.2) is 24.3 Å². The van der Waals surface area contributed by atoms with Gasteiger partial charge in [0.05, 0.1) is 11.1 Å². The minimum absolute atomic E-state index is 0.00399. The number of benzene rings is 1. The summed E-state index contributed by atoms with van der Waals surface area (Å²) >= 11 is 0. The second kappa shape index (κ2) is 6.66. The molecule has 0 amide bonds. The Balaban J connectivity index is 2.93. The molecule has 0 N–H and O–H groups in total. The molecule has 1 rings (SSSR count). The summed E-state index contributed by atoms with van der Waals surface area (Å²) in [6.45, 7) is -0.805. The van der Waals surface area contributed by atoms with Crippen molar-refractivity contribution in [1.29, 1.82) is 10.5 Å². The molecule has 0 aliphatic carbocycles. The normalized spacial score (nSPS) is 8.78. The minimum atomic E-state index is -0.791. The molecule has 0 saturated heterocycles. The minimum Gasteiger partial charge on any atom is -0.447 e. The Kier molecular flexibility index (Phi) is 4.89. The average Bonchev–Trinajstić information content (AvgIpc) is 2.42. The highest BCUT2D eigenvalue weighted by Crippen LogP contribution is 2.11. The van der Waals surface area contributed by atoms with Crippen molar-refractivity contribution in [2.24, 2.45) is 0 Å². The number of carbonyl (C=O) groups is 2. The Morgan fingerprint density at radius 2 is 1.33 bits per heavy atom. The van der Waals surface area contributed by atoms with Crippen LogP contribution in [0.25, 0.3) is 0 Å². The molecule has 0 bridgehead atoms. The number of nitriles is 2. The first-order valence-electron chi connectivity index (χ1n) is 4.88. The predicted molar refractivity (Wildman–Crippen MR) is 58.2 cm³/mol. The molecule has 0 aliphatic rings. The van der Waals surface area contributed by atoms with Gasteiger partial charge in [-0.25, -0.2) is 9.59 Å². The van der Waals surface area contributed by atoms with Crippen molar-refractivity contribution >= 4 is 11.9 Å². The Labute approximate surface area is 103 Å². The van der Waals surface area contributed by atoms with Gasteiger partial charge in [0.2, 0.25) is 0 Å². The van der Waals surface area contributed by atoms with Crippen molar-refractivity contribution in [3.05, 3.63) is 35.4 Å². The van der Waals surface area contributed by atoms with Gasteiger partial charge in [-0.05, 0) is 12.1 Å². The lowest BCUT2D eigenvalue weighted by Crippen LogP contribution is -2.14. The van der Waals surface area contributed by atoms with Gasteiger partial charge in [0.15, 0.2) is 13.2 Å². The van der Waals surface area contributed by atoms with E-state index >= 15 is 0 Å². The molecule has 6 nitrogen and oxygen atoms in total. The van der Waals surface area contributed by atoms with Crippen molar-refractivity contribution in [2.75, 3.05) is 13.2 Å². The lowest BCUT2D eigenvalue weighted by molar-refractivity contribution is 0.0508. The third-order valence-corrected chi connectivity index (χ3v) is 1.90. The first kappa shape index (κ1) is 13.2. The summed E-state index contributed by atoms with van der Waals surface area (Å²) in [4.78, 5) is 23.1. The number of nitrogens with zero attached hydrogens (tertiary/aromatic N) is 2. The van der Waals surface area contributed by atoms with Crippen molar-refractivity contribution < 1.29 is 19.1 Å². The van der Waals surface area contributed by atoms with Gasteiger partial charge in [-0.3, -0.25) is 0 Å². The van der Waals surface area contributed by atoms with Gasteiger partial charge in [-0.2, -0.15) is 10.5 Å². The second-order valence-corrected chi connectivity index (χ2v) is 3.01. The third kappa shape index (κ3) is 3.32. The number of carbonyl (C=O) groups excluding carboxylic acids is 2. The van der Waals surface area contributed by atoms with E-state index in [1.807, 2.05) is 0 Å². The Hall–Kier alpha value is -2.86. The van der Waals surface area contributed by atoms with Crippen LogP contribution in [0.3, 0.4) is 0 Å². The van der Waals surface area contributed by atoms with E-state index in [1.54, 1.807) is 24.3 Å². The van der Waals surface area contributed by atoms with E-state index in [9.17, 15) is 9.59 Å². The smallest absolute Gasteiger partial charge is 0.340 e. The molecule has 0 saturated carbocycles. The summed E-state index contributed by atoms with van der Waals surface area (Å²) in [6, 6.07) is 9.14. The zero-order valence-electron chi connectivity index (χ0n) is 9.25. The summed E-state index contributed by atoms with van der Waals surface area (Å²) in [5.41, 5.74) is -0.00798. The van der Waals surface area contributed by atoms with E-state index in [2.05, 4.69) is 9.47 Å². The highest BCUT2D eigenvalue weighted by molar-refractivity contribution is 6.03. The maximum Gasteiger partial charge on any atom is 0.340 e. The van der Waals surface area contributed by atoms with Crippen LogP contribution in [0.1, 0.15) is 20.7 Å². The van der Waals surface area contributed by atoms with Crippen molar-refractivity contribution in [2.45, 2.75) is 0 Å². The van der Waals surface area contributed by atoms with Crippen LogP contribution < -0.4 is 0 Å². The second-order valence-electron chi connectivity index (χ2n) is 3.01. The largest absolute Gasteiger partial charge is 0.447 e. The molecule has 6 heteroatoms. The van der Waals surface area contributed by atoms with Gasteiger partial charge in [-0.1, -0.05) is 12.1 Å². The summed E-state index contributed by atoms with van der Waals surface area (Å²) in [6.07, 6.45) is 0. The SMILES string of the molecule is N#CCOC(=O)c1ccccc1C(=O)OCC#N. The number of esters is 2. The van der Waals surface area contributed by atoms with Crippen LogP contribution in [0, 0.1) is 22.7 Å². The zero-order valence-corrected chi connectivity index (χ0v) is 9.25. The highest BCUT2D eigenvalue weighted by atomic mass is 16.5. The quantitative estimate of drug-likeness (QED) is 0.733. The Bertz CT molecular complexity index is 491. The molecule has 0 heterocycles. The molecule has 0 spiro atoms. The molecular weight excluding hydrogens is 236 g/mol. The van der Waals surface area contributed by atoms with Crippen LogP contribution in [0.5, 0.6) is 0 Å². The fourth-order valence-electron chi connectivity index (χ4n) is 1.19. The molecule has 0 radical (unpaired) electrons. The predicted octanol–water partition coefficient (Wildman–Crippen LogP) is 1.05. The number of ether oxygens (including phenoxy) is 2. The van der Waals surface area contributed by atoms with Crippen LogP contribution >= 0.6 is 0 Å². The first-order chi connectivity index (χ1) is 8.70. The van der Waals surface area contributed by atoms with E-state index < -0.39 is 25.2 Å². The van der Waals surface area contributed by atoms with Gasteiger partial charge in [0, 0.05) is 0 Å². The molecule has 1 aromatic carbocycles. The van der Waals surface area contributed by atoms with Crippen molar-refractivity contribution in [1.82, 2.24) is 0 Å². The maximum absolute atomic E-state index is 11.6. The van der Waals surface area contributed by atoms with Crippen LogP contribution in [0.4, 0.5) is 0 Å². The summed E-state index contributed by atoms with van der Waals surface area (Å²) < 4.78 is 9.20. The number of rotatable bonds is 4. The van der Waals surface area contributed by atoms with Gasteiger partial charge < -0.3 is 9.47 Å². The topological polar surface area (TPSA) is 100 Å².